The molecule has 3 aromatic rings. The van der Waals surface area contributed by atoms with Gasteiger partial charge in [-0.25, -0.2) is 9.78 Å². The molecule has 9 heteroatoms. The molecule has 8 nitrogen and oxygen atoms in total. The number of pyridine rings is 1. The van der Waals surface area contributed by atoms with Crippen molar-refractivity contribution in [2.45, 2.75) is 4.90 Å². The highest BCUT2D eigenvalue weighted by atomic mass is 32.2. The Morgan fingerprint density at radius 2 is 1.77 bits per heavy atom. The van der Waals surface area contributed by atoms with Crippen molar-refractivity contribution in [1.29, 1.82) is 0 Å². The molecule has 0 aliphatic carbocycles. The topological polar surface area (TPSA) is 111 Å². The summed E-state index contributed by atoms with van der Waals surface area (Å²) in [4.78, 5) is 29.9. The van der Waals surface area contributed by atoms with Crippen LogP contribution in [0.3, 0.4) is 0 Å². The average Bonchev–Trinajstić information content (AvgIpc) is 2.52. The van der Waals surface area contributed by atoms with Crippen LogP contribution in [0.1, 0.15) is 0 Å². The van der Waals surface area contributed by atoms with Crippen molar-refractivity contribution >= 4 is 21.2 Å². The van der Waals surface area contributed by atoms with Crippen LogP contribution in [0.5, 0.6) is 0 Å². The Balaban J connectivity index is 2.16. The number of benzene rings is 1. The zero-order valence-corrected chi connectivity index (χ0v) is 11.8. The number of fused-ring (bicyclic) bond motifs is 1. The lowest BCUT2D eigenvalue weighted by atomic mass is 10.3. The second kappa shape index (κ2) is 5.11. The first-order chi connectivity index (χ1) is 10.5. The van der Waals surface area contributed by atoms with Gasteiger partial charge in [-0.3, -0.25) is 14.1 Å². The molecule has 2 heterocycles. The molecule has 0 aliphatic rings. The first-order valence-electron chi connectivity index (χ1n) is 6.09. The molecule has 0 aliphatic heterocycles. The molecule has 3 rings (SSSR count). The summed E-state index contributed by atoms with van der Waals surface area (Å²) >= 11 is 0. The molecular formula is C13H9N3O5S. The van der Waals surface area contributed by atoms with Crippen LogP contribution in [0.4, 0.5) is 0 Å². The van der Waals surface area contributed by atoms with Gasteiger partial charge in [-0.05, 0) is 24.3 Å². The SMILES string of the molecule is O=c1[nH]c2ncccc2c(=O)n1OS(=O)(=O)c1ccccc1. The molecule has 1 aromatic carbocycles. The first-order valence-corrected chi connectivity index (χ1v) is 7.50. The fourth-order valence-corrected chi connectivity index (χ4v) is 2.74. The van der Waals surface area contributed by atoms with Gasteiger partial charge in [0.1, 0.15) is 10.5 Å². The number of rotatable bonds is 3. The van der Waals surface area contributed by atoms with Crippen LogP contribution in [0, 0.1) is 0 Å². The number of hydrogen-bond donors (Lipinski definition) is 1. The average molecular weight is 319 g/mol. The first kappa shape index (κ1) is 14.0. The normalized spacial score (nSPS) is 11.5. The van der Waals surface area contributed by atoms with Gasteiger partial charge in [0, 0.05) is 6.20 Å². The zero-order chi connectivity index (χ0) is 15.7. The monoisotopic (exact) mass is 319 g/mol. The highest BCUT2D eigenvalue weighted by Crippen LogP contribution is 2.08. The van der Waals surface area contributed by atoms with Gasteiger partial charge in [-0.15, -0.1) is 0 Å². The number of nitrogens with zero attached hydrogens (tertiary/aromatic N) is 2. The molecule has 0 radical (unpaired) electrons. The number of H-pyrrole nitrogens is 1. The van der Waals surface area contributed by atoms with Crippen molar-refractivity contribution in [3.63, 3.8) is 0 Å². The number of hydrogen-bond acceptors (Lipinski definition) is 6. The highest BCUT2D eigenvalue weighted by molar-refractivity contribution is 7.87. The molecule has 22 heavy (non-hydrogen) atoms. The number of aromatic amines is 1. The Kier molecular flexibility index (Phi) is 3.26. The fraction of sp³-hybridized carbons (Fsp3) is 0. The maximum Gasteiger partial charge on any atom is 0.364 e. The predicted octanol–water partition coefficient (Wildman–Crippen LogP) is -0.0977. The summed E-state index contributed by atoms with van der Waals surface area (Å²) in [6.45, 7) is 0. The van der Waals surface area contributed by atoms with Gasteiger partial charge < -0.3 is 0 Å². The minimum Gasteiger partial charge on any atom is -0.289 e. The standard InChI is InChI=1S/C13H9N3O5S/c17-12-10-7-4-8-14-11(10)15-13(18)16(12)21-22(19,20)9-5-2-1-3-6-9/h1-8H,(H,14,15,18). The third kappa shape index (κ3) is 2.37. The molecular weight excluding hydrogens is 310 g/mol. The van der Waals surface area contributed by atoms with Crippen LogP contribution in [0.15, 0.2) is 63.1 Å². The minimum atomic E-state index is -4.30. The molecule has 1 N–H and O–H groups in total. The Morgan fingerprint density at radius 3 is 2.50 bits per heavy atom. The lowest BCUT2D eigenvalue weighted by Gasteiger charge is -2.07. The third-order valence-electron chi connectivity index (χ3n) is 2.84. The molecule has 2 aromatic heterocycles. The molecule has 0 fully saturated rings. The predicted molar refractivity (Wildman–Crippen MR) is 76.8 cm³/mol. The van der Waals surface area contributed by atoms with Crippen molar-refractivity contribution in [3.05, 3.63) is 69.5 Å². The lowest BCUT2D eigenvalue weighted by molar-refractivity contribution is 0.253. The van der Waals surface area contributed by atoms with E-state index in [9.17, 15) is 18.0 Å². The molecule has 0 atom stereocenters. The van der Waals surface area contributed by atoms with Crippen LogP contribution in [0.25, 0.3) is 11.0 Å². The summed E-state index contributed by atoms with van der Waals surface area (Å²) in [5, 5.41) is 0.0327. The summed E-state index contributed by atoms with van der Waals surface area (Å²) in [7, 11) is -4.30. The summed E-state index contributed by atoms with van der Waals surface area (Å²) in [6, 6.07) is 10.1. The highest BCUT2D eigenvalue weighted by Gasteiger charge is 2.20. The van der Waals surface area contributed by atoms with E-state index in [1.165, 1.54) is 42.6 Å². The van der Waals surface area contributed by atoms with Gasteiger partial charge in [-0.2, -0.15) is 8.42 Å². The van der Waals surface area contributed by atoms with Gasteiger partial charge in [0.05, 0.1) is 5.39 Å². The summed E-state index contributed by atoms with van der Waals surface area (Å²) in [5.74, 6) is 0. The molecule has 112 valence electrons. The second-order valence-electron chi connectivity index (χ2n) is 4.27. The Hall–Kier alpha value is -2.94. The largest absolute Gasteiger partial charge is 0.364 e. The van der Waals surface area contributed by atoms with E-state index in [-0.39, 0.29) is 20.7 Å². The van der Waals surface area contributed by atoms with Crippen LogP contribution in [-0.4, -0.2) is 23.1 Å². The lowest BCUT2D eigenvalue weighted by Crippen LogP contribution is -2.42. The van der Waals surface area contributed by atoms with E-state index in [2.05, 4.69) is 14.3 Å². The van der Waals surface area contributed by atoms with Crippen LogP contribution < -0.4 is 15.5 Å². The summed E-state index contributed by atoms with van der Waals surface area (Å²) < 4.78 is 29.0. The van der Waals surface area contributed by atoms with Gasteiger partial charge in [-0.1, -0.05) is 22.9 Å². The van der Waals surface area contributed by atoms with Gasteiger partial charge >= 0.3 is 21.4 Å². The van der Waals surface area contributed by atoms with Gasteiger partial charge in [0.25, 0.3) is 0 Å². The molecule has 0 spiro atoms. The van der Waals surface area contributed by atoms with Crippen LogP contribution >= 0.6 is 0 Å². The second-order valence-corrected chi connectivity index (χ2v) is 5.80. The molecule has 0 saturated heterocycles. The van der Waals surface area contributed by atoms with Gasteiger partial charge in [0.15, 0.2) is 0 Å². The smallest absolute Gasteiger partial charge is 0.289 e. The van der Waals surface area contributed by atoms with E-state index in [0.717, 1.165) is 0 Å². The van der Waals surface area contributed by atoms with Crippen molar-refractivity contribution in [2.24, 2.45) is 0 Å². The maximum atomic E-state index is 12.2. The maximum absolute atomic E-state index is 12.2. The van der Waals surface area contributed by atoms with Crippen molar-refractivity contribution in [1.82, 2.24) is 14.7 Å². The summed E-state index contributed by atoms with van der Waals surface area (Å²) in [5.41, 5.74) is -1.89. The molecule has 0 amide bonds. The van der Waals surface area contributed by atoms with E-state index in [1.54, 1.807) is 6.07 Å². The molecule has 0 unspecified atom stereocenters. The zero-order valence-electron chi connectivity index (χ0n) is 11.0. The van der Waals surface area contributed by atoms with Gasteiger partial charge in [0.2, 0.25) is 0 Å². The van der Waals surface area contributed by atoms with E-state index in [1.807, 2.05) is 0 Å². The fourth-order valence-electron chi connectivity index (χ4n) is 1.83. The quantitative estimate of drug-likeness (QED) is 0.722. The summed E-state index contributed by atoms with van der Waals surface area (Å²) in [6.07, 6.45) is 1.39. The Bertz CT molecular complexity index is 1050. The van der Waals surface area contributed by atoms with E-state index in [4.69, 9.17) is 0 Å². The third-order valence-corrected chi connectivity index (χ3v) is 4.03. The van der Waals surface area contributed by atoms with Crippen LogP contribution in [-0.2, 0) is 10.1 Å². The molecule has 0 bridgehead atoms. The van der Waals surface area contributed by atoms with E-state index in [0.29, 0.717) is 0 Å². The van der Waals surface area contributed by atoms with Crippen molar-refractivity contribution in [3.8, 4) is 0 Å². The van der Waals surface area contributed by atoms with E-state index >= 15 is 0 Å². The van der Waals surface area contributed by atoms with Crippen molar-refractivity contribution < 1.29 is 12.7 Å². The number of aromatic nitrogens is 3. The molecule has 0 saturated carbocycles. The van der Waals surface area contributed by atoms with Crippen molar-refractivity contribution in [2.75, 3.05) is 0 Å². The Morgan fingerprint density at radius 1 is 1.05 bits per heavy atom. The number of nitrogens with one attached hydrogen (secondary N) is 1. The minimum absolute atomic E-state index is 0.0327. The van der Waals surface area contributed by atoms with E-state index < -0.39 is 21.4 Å². The van der Waals surface area contributed by atoms with Crippen LogP contribution in [0.2, 0.25) is 0 Å². The Labute approximate surface area is 123 Å².